The van der Waals surface area contributed by atoms with E-state index in [2.05, 4.69) is 10.3 Å². The zero-order valence-electron chi connectivity index (χ0n) is 19.3. The molecule has 1 aromatic heterocycles. The normalized spacial score (nSPS) is 21.1. The van der Waals surface area contributed by atoms with Gasteiger partial charge in [0.2, 0.25) is 0 Å². The molecule has 0 spiro atoms. The second-order valence-corrected chi connectivity index (χ2v) is 10.8. The maximum Gasteiger partial charge on any atom is 0.327 e. The Hall–Kier alpha value is -3.52. The molecule has 2 unspecified atom stereocenters. The van der Waals surface area contributed by atoms with Gasteiger partial charge in [0.1, 0.15) is 21.3 Å². The van der Waals surface area contributed by atoms with Crippen LogP contribution in [0, 0.1) is 12.3 Å². The number of para-hydroxylation sites is 1. The number of thioether (sulfide) groups is 1. The predicted octanol–water partition coefficient (Wildman–Crippen LogP) is 6.06. The number of hydrogen-bond donors (Lipinski definition) is 2. The number of carbonyl (C=O) groups is 2. The molecule has 0 aliphatic carbocycles. The van der Waals surface area contributed by atoms with Crippen LogP contribution < -0.4 is 15.0 Å². The first-order valence-corrected chi connectivity index (χ1v) is 11.8. The molecule has 2 aliphatic rings. The van der Waals surface area contributed by atoms with E-state index < -0.39 is 22.2 Å². The monoisotopic (exact) mass is 475 g/mol. The van der Waals surface area contributed by atoms with Crippen molar-refractivity contribution in [2.75, 3.05) is 4.90 Å². The van der Waals surface area contributed by atoms with Gasteiger partial charge in [-0.2, -0.15) is 0 Å². The lowest BCUT2D eigenvalue weighted by atomic mass is 9.73. The topological polar surface area (TPSA) is 91.8 Å². The molecule has 3 aromatic rings. The molecule has 0 saturated heterocycles. The van der Waals surface area contributed by atoms with Crippen molar-refractivity contribution in [2.24, 2.45) is 5.41 Å². The summed E-state index contributed by atoms with van der Waals surface area (Å²) in [5, 5.41) is 14.0. The number of nitrogens with zero attached hydrogens (tertiary/aromatic N) is 2. The van der Waals surface area contributed by atoms with Crippen molar-refractivity contribution in [3.8, 4) is 11.5 Å². The molecule has 34 heavy (non-hydrogen) atoms. The van der Waals surface area contributed by atoms with E-state index in [1.807, 2.05) is 76.2 Å². The van der Waals surface area contributed by atoms with Gasteiger partial charge in [-0.05, 0) is 54.3 Å². The molecule has 2 aromatic carbocycles. The minimum absolute atomic E-state index is 0.369. The van der Waals surface area contributed by atoms with Crippen molar-refractivity contribution in [2.45, 2.75) is 43.5 Å². The molecule has 5 rings (SSSR count). The molecule has 0 radical (unpaired) electrons. The minimum atomic E-state index is -1.28. The lowest BCUT2D eigenvalue weighted by molar-refractivity contribution is -0.143. The molecule has 2 amide bonds. The first-order chi connectivity index (χ1) is 16.1. The van der Waals surface area contributed by atoms with Crippen molar-refractivity contribution in [1.82, 2.24) is 10.3 Å². The number of nitrogens with one attached hydrogen (secondary N) is 1. The number of pyridine rings is 1. The van der Waals surface area contributed by atoms with Crippen LogP contribution in [0.15, 0.2) is 65.8 Å². The smallest absolute Gasteiger partial charge is 0.327 e. The Morgan fingerprint density at radius 3 is 2.50 bits per heavy atom. The van der Waals surface area contributed by atoms with Gasteiger partial charge >= 0.3 is 12.0 Å². The van der Waals surface area contributed by atoms with Crippen molar-refractivity contribution >= 4 is 35.1 Å². The third-order valence-corrected chi connectivity index (χ3v) is 8.28. The average Bonchev–Trinajstić information content (AvgIpc) is 3.12. The quantitative estimate of drug-likeness (QED) is 0.477. The number of benzene rings is 2. The summed E-state index contributed by atoms with van der Waals surface area (Å²) in [6.45, 7) is 7.56. The molecule has 3 heterocycles. The van der Waals surface area contributed by atoms with E-state index in [1.54, 1.807) is 17.2 Å². The molecule has 7 nitrogen and oxygen atoms in total. The highest BCUT2D eigenvalue weighted by Crippen LogP contribution is 2.62. The highest BCUT2D eigenvalue weighted by Gasteiger charge is 2.63. The predicted molar refractivity (Wildman–Crippen MR) is 131 cm³/mol. The lowest BCUT2D eigenvalue weighted by Gasteiger charge is -2.44. The van der Waals surface area contributed by atoms with E-state index in [0.717, 1.165) is 16.9 Å². The maximum atomic E-state index is 13.5. The van der Waals surface area contributed by atoms with Crippen molar-refractivity contribution in [3.63, 3.8) is 0 Å². The number of amides is 2. The summed E-state index contributed by atoms with van der Waals surface area (Å²) in [6.07, 6.45) is 1.63. The van der Waals surface area contributed by atoms with Crippen LogP contribution in [0.2, 0.25) is 0 Å². The van der Waals surface area contributed by atoms with Gasteiger partial charge in [0.05, 0.1) is 17.4 Å². The number of ether oxygens (including phenoxy) is 1. The van der Waals surface area contributed by atoms with Gasteiger partial charge in [-0.3, -0.25) is 9.69 Å². The number of aryl methyl sites for hydroxylation is 1. The summed E-state index contributed by atoms with van der Waals surface area (Å²) in [7, 11) is 0. The SMILES string of the molecule is Cc1cc(Oc2ccccc2)ccc1N1C(=O)NC2c3c1ccnc3SC2(C(=O)O)C(C)(C)C. The van der Waals surface area contributed by atoms with Crippen LogP contribution in [-0.2, 0) is 4.79 Å². The second-order valence-electron chi connectivity index (χ2n) is 9.52. The molecule has 0 fully saturated rings. The summed E-state index contributed by atoms with van der Waals surface area (Å²) < 4.78 is 4.66. The molecule has 174 valence electrons. The summed E-state index contributed by atoms with van der Waals surface area (Å²) in [4.78, 5) is 32.2. The molecule has 8 heteroatoms. The van der Waals surface area contributed by atoms with Crippen LogP contribution in [0.5, 0.6) is 11.5 Å². The van der Waals surface area contributed by atoms with Gasteiger partial charge in [0.15, 0.2) is 0 Å². The van der Waals surface area contributed by atoms with Crippen molar-refractivity contribution < 1.29 is 19.4 Å². The summed E-state index contributed by atoms with van der Waals surface area (Å²) >= 11 is 1.22. The van der Waals surface area contributed by atoms with Crippen LogP contribution in [0.25, 0.3) is 0 Å². The second kappa shape index (κ2) is 7.77. The molecule has 0 bridgehead atoms. The molecule has 2 atom stereocenters. The Balaban J connectivity index is 1.57. The summed E-state index contributed by atoms with van der Waals surface area (Å²) in [6, 6.07) is 15.8. The number of rotatable bonds is 4. The number of anilines is 2. The Labute approximate surface area is 202 Å². The number of aromatic nitrogens is 1. The van der Waals surface area contributed by atoms with Gasteiger partial charge in [-0.1, -0.05) is 50.7 Å². The van der Waals surface area contributed by atoms with E-state index in [4.69, 9.17) is 4.74 Å². The van der Waals surface area contributed by atoms with E-state index in [-0.39, 0.29) is 6.03 Å². The lowest BCUT2D eigenvalue weighted by Crippen LogP contribution is -2.58. The fourth-order valence-corrected chi connectivity index (χ4v) is 6.20. The minimum Gasteiger partial charge on any atom is -0.480 e. The van der Waals surface area contributed by atoms with Gasteiger partial charge in [-0.25, -0.2) is 9.78 Å². The maximum absolute atomic E-state index is 13.5. The van der Waals surface area contributed by atoms with Gasteiger partial charge in [0.25, 0.3) is 0 Å². The summed E-state index contributed by atoms with van der Waals surface area (Å²) in [5.41, 5.74) is 2.29. The highest BCUT2D eigenvalue weighted by molar-refractivity contribution is 8.01. The average molecular weight is 476 g/mol. The molecule has 2 aliphatic heterocycles. The number of carbonyl (C=O) groups excluding carboxylic acids is 1. The van der Waals surface area contributed by atoms with Crippen LogP contribution in [0.3, 0.4) is 0 Å². The van der Waals surface area contributed by atoms with E-state index in [9.17, 15) is 14.7 Å². The third-order valence-electron chi connectivity index (χ3n) is 6.42. The number of urea groups is 1. The fourth-order valence-electron chi connectivity index (χ4n) is 4.76. The van der Waals surface area contributed by atoms with Gasteiger partial charge in [0, 0.05) is 11.8 Å². The Bertz CT molecular complexity index is 1310. The first kappa shape index (κ1) is 22.3. The fraction of sp³-hybridized carbons (Fsp3) is 0.269. The first-order valence-electron chi connectivity index (χ1n) is 11.0. The zero-order valence-corrected chi connectivity index (χ0v) is 20.1. The Morgan fingerprint density at radius 2 is 1.85 bits per heavy atom. The van der Waals surface area contributed by atoms with Crippen LogP contribution in [-0.4, -0.2) is 26.8 Å². The van der Waals surface area contributed by atoms with Gasteiger partial charge < -0.3 is 15.2 Å². The molecular formula is C26H25N3O4S. The standard InChI is InChI=1S/C26H25N3O4S/c1-15-14-17(33-16-8-6-5-7-9-16)10-11-18(15)29-19-12-13-27-22-20(19)21(28-24(29)32)26(34-22,23(30)31)25(2,3)4/h5-14,21H,1-4H3,(H,28,32)(H,30,31). The molecule has 0 saturated carbocycles. The van der Waals surface area contributed by atoms with Crippen LogP contribution in [0.4, 0.5) is 16.2 Å². The molecule has 2 N–H and O–H groups in total. The third kappa shape index (κ3) is 3.24. The van der Waals surface area contributed by atoms with Crippen molar-refractivity contribution in [1.29, 1.82) is 0 Å². The highest BCUT2D eigenvalue weighted by atomic mass is 32.2. The van der Waals surface area contributed by atoms with Crippen molar-refractivity contribution in [3.05, 3.63) is 71.9 Å². The zero-order chi connectivity index (χ0) is 24.3. The van der Waals surface area contributed by atoms with Crippen LogP contribution >= 0.6 is 11.8 Å². The number of carboxylic acid groups (broad SMARTS) is 1. The largest absolute Gasteiger partial charge is 0.480 e. The number of carboxylic acids is 1. The van der Waals surface area contributed by atoms with E-state index in [1.165, 1.54) is 11.8 Å². The van der Waals surface area contributed by atoms with Gasteiger partial charge in [-0.15, -0.1) is 0 Å². The number of aliphatic carboxylic acids is 1. The van der Waals surface area contributed by atoms with Crippen LogP contribution in [0.1, 0.15) is 37.9 Å². The Kier molecular flexibility index (Phi) is 5.09. The number of hydrogen-bond acceptors (Lipinski definition) is 5. The Morgan fingerprint density at radius 1 is 1.12 bits per heavy atom. The van der Waals surface area contributed by atoms with E-state index >= 15 is 0 Å². The van der Waals surface area contributed by atoms with E-state index in [0.29, 0.717) is 22.2 Å². The molecular weight excluding hydrogens is 450 g/mol. The summed E-state index contributed by atoms with van der Waals surface area (Å²) in [5.74, 6) is 0.423.